The van der Waals surface area contributed by atoms with E-state index in [4.69, 9.17) is 0 Å². The van der Waals surface area contributed by atoms with Gasteiger partial charge in [0.25, 0.3) is 5.56 Å². The molecule has 3 aromatic rings. The van der Waals surface area contributed by atoms with Gasteiger partial charge in [-0.2, -0.15) is 13.2 Å². The van der Waals surface area contributed by atoms with E-state index in [0.717, 1.165) is 54.6 Å². The van der Waals surface area contributed by atoms with E-state index in [0.29, 0.717) is 49.2 Å². The predicted molar refractivity (Wildman–Crippen MR) is 197 cm³/mol. The average Bonchev–Trinajstić information content (AvgIpc) is 3.63. The third kappa shape index (κ3) is 9.29. The standard InChI is InChI=1S/C42H47F6N3O4/c1-6-9-27-19-30(37-24(4)17-28(43)18-25(37)5)40(45)38(39(27)44)33(21-36(53)54)49-41(55)34(16-23(2)3)51-22-31(32(20-35(51)52)42(46,47)48)26-12-14-50(15-13-26)29-10-7-8-11-29/h17-20,22-23,26,29,33-34H,7-8,10-16,21H2,1-5H3,(H,49,55)(H,53,54)/t33-,34-/m1/s1. The van der Waals surface area contributed by atoms with Crippen molar-refractivity contribution in [3.8, 4) is 23.0 Å². The molecule has 296 valence electrons. The van der Waals surface area contributed by atoms with E-state index in [1.807, 2.05) is 0 Å². The van der Waals surface area contributed by atoms with Crippen LogP contribution in [0.25, 0.3) is 11.1 Å². The van der Waals surface area contributed by atoms with Gasteiger partial charge in [-0.3, -0.25) is 14.4 Å². The van der Waals surface area contributed by atoms with Gasteiger partial charge in [-0.05, 0) is 118 Å². The highest BCUT2D eigenvalue weighted by molar-refractivity contribution is 5.82. The summed E-state index contributed by atoms with van der Waals surface area (Å²) >= 11 is 0. The topological polar surface area (TPSA) is 91.6 Å². The molecule has 2 atom stereocenters. The first-order valence-corrected chi connectivity index (χ1v) is 18.7. The highest BCUT2D eigenvalue weighted by Gasteiger charge is 2.39. The second-order valence-corrected chi connectivity index (χ2v) is 15.2. The number of hydrogen-bond acceptors (Lipinski definition) is 4. The maximum absolute atomic E-state index is 16.7. The number of benzene rings is 2. The fraction of sp³-hybridized carbons (Fsp3) is 0.500. The number of aromatic nitrogens is 1. The molecule has 0 bridgehead atoms. The molecule has 2 aromatic carbocycles. The van der Waals surface area contributed by atoms with Gasteiger partial charge in [-0.1, -0.05) is 32.6 Å². The van der Waals surface area contributed by atoms with Crippen molar-refractivity contribution >= 4 is 11.9 Å². The maximum atomic E-state index is 16.7. The number of likely N-dealkylation sites (tertiary alicyclic amines) is 1. The van der Waals surface area contributed by atoms with E-state index in [2.05, 4.69) is 22.1 Å². The highest BCUT2D eigenvalue weighted by Crippen LogP contribution is 2.41. The minimum absolute atomic E-state index is 0.0675. The quantitative estimate of drug-likeness (QED) is 0.150. The van der Waals surface area contributed by atoms with Crippen LogP contribution in [0.5, 0.6) is 0 Å². The monoisotopic (exact) mass is 771 g/mol. The number of carboxylic acid groups (broad SMARTS) is 1. The Morgan fingerprint density at radius 1 is 0.964 bits per heavy atom. The molecule has 1 aromatic heterocycles. The van der Waals surface area contributed by atoms with Crippen LogP contribution >= 0.6 is 0 Å². The van der Waals surface area contributed by atoms with Crippen LogP contribution in [0.15, 0.2) is 35.3 Å². The van der Waals surface area contributed by atoms with Crippen LogP contribution < -0.4 is 10.9 Å². The summed E-state index contributed by atoms with van der Waals surface area (Å²) in [4.78, 5) is 42.3. The second kappa shape index (κ2) is 17.1. The molecular formula is C42H47F6N3O4. The lowest BCUT2D eigenvalue weighted by Gasteiger charge is -2.37. The summed E-state index contributed by atoms with van der Waals surface area (Å²) in [6.07, 6.45) is 0.362. The summed E-state index contributed by atoms with van der Waals surface area (Å²) in [5, 5.41) is 12.4. The molecule has 2 fully saturated rings. The summed E-state index contributed by atoms with van der Waals surface area (Å²) in [5.41, 5.74) is -2.77. The highest BCUT2D eigenvalue weighted by atomic mass is 19.4. The number of nitrogens with one attached hydrogen (secondary N) is 1. The Morgan fingerprint density at radius 2 is 1.58 bits per heavy atom. The predicted octanol–water partition coefficient (Wildman–Crippen LogP) is 8.98. The summed E-state index contributed by atoms with van der Waals surface area (Å²) < 4.78 is 91.6. The van der Waals surface area contributed by atoms with Gasteiger partial charge in [-0.25, -0.2) is 13.2 Å². The van der Waals surface area contributed by atoms with Gasteiger partial charge < -0.3 is 19.9 Å². The first kappa shape index (κ1) is 41.6. The Hall–Kier alpha value is -4.57. The van der Waals surface area contributed by atoms with Gasteiger partial charge in [0.05, 0.1) is 23.6 Å². The molecule has 2 N–H and O–H groups in total. The molecule has 2 heterocycles. The van der Waals surface area contributed by atoms with E-state index in [1.54, 1.807) is 13.8 Å². The van der Waals surface area contributed by atoms with Crippen molar-refractivity contribution < 1.29 is 41.0 Å². The molecule has 7 nitrogen and oxygen atoms in total. The van der Waals surface area contributed by atoms with Gasteiger partial charge in [0.15, 0.2) is 0 Å². The van der Waals surface area contributed by atoms with Crippen molar-refractivity contribution in [1.29, 1.82) is 0 Å². The Morgan fingerprint density at radius 3 is 2.13 bits per heavy atom. The molecule has 0 spiro atoms. The number of carbonyl (C=O) groups is 2. The number of pyridine rings is 1. The number of aliphatic carboxylic acids is 1. The average molecular weight is 772 g/mol. The number of carbonyl (C=O) groups excluding carboxylic acids is 1. The molecule has 0 unspecified atom stereocenters. The zero-order valence-corrected chi connectivity index (χ0v) is 31.7. The summed E-state index contributed by atoms with van der Waals surface area (Å²) in [6.45, 7) is 9.12. The van der Waals surface area contributed by atoms with Crippen molar-refractivity contribution in [3.63, 3.8) is 0 Å². The van der Waals surface area contributed by atoms with Gasteiger partial charge in [-0.15, -0.1) is 5.92 Å². The third-order valence-electron chi connectivity index (χ3n) is 10.9. The molecule has 0 radical (unpaired) electrons. The molecule has 13 heteroatoms. The number of piperidine rings is 1. The van der Waals surface area contributed by atoms with E-state index in [1.165, 1.54) is 20.8 Å². The Balaban J connectivity index is 1.59. The minimum atomic E-state index is -4.85. The van der Waals surface area contributed by atoms with Gasteiger partial charge >= 0.3 is 12.1 Å². The fourth-order valence-corrected chi connectivity index (χ4v) is 8.39. The Bertz CT molecular complexity index is 2030. The Labute approximate surface area is 317 Å². The van der Waals surface area contributed by atoms with Crippen LogP contribution in [-0.2, 0) is 15.8 Å². The minimum Gasteiger partial charge on any atom is -0.481 e. The molecule has 2 aliphatic rings. The fourth-order valence-electron chi connectivity index (χ4n) is 8.39. The molecule has 1 saturated heterocycles. The van der Waals surface area contributed by atoms with E-state index in [-0.39, 0.29) is 34.6 Å². The van der Waals surface area contributed by atoms with Crippen LogP contribution in [0.3, 0.4) is 0 Å². The van der Waals surface area contributed by atoms with Gasteiger partial charge in [0.2, 0.25) is 5.91 Å². The van der Waals surface area contributed by atoms with Crippen LogP contribution in [0, 0.1) is 49.1 Å². The van der Waals surface area contributed by atoms with Crippen LogP contribution in [-0.4, -0.2) is 45.6 Å². The van der Waals surface area contributed by atoms with Crippen molar-refractivity contribution in [2.24, 2.45) is 5.92 Å². The van der Waals surface area contributed by atoms with Crippen molar-refractivity contribution in [1.82, 2.24) is 14.8 Å². The molecule has 55 heavy (non-hydrogen) atoms. The van der Waals surface area contributed by atoms with Crippen LogP contribution in [0.4, 0.5) is 26.3 Å². The van der Waals surface area contributed by atoms with Crippen molar-refractivity contribution in [2.45, 2.75) is 116 Å². The lowest BCUT2D eigenvalue weighted by atomic mass is 9.86. The smallest absolute Gasteiger partial charge is 0.416 e. The molecule has 1 aliphatic heterocycles. The molecule has 1 saturated carbocycles. The van der Waals surface area contributed by atoms with Crippen molar-refractivity contribution in [2.75, 3.05) is 13.1 Å². The van der Waals surface area contributed by atoms with Crippen LogP contribution in [0.1, 0.15) is 124 Å². The van der Waals surface area contributed by atoms with E-state index < -0.39 is 76.6 Å². The maximum Gasteiger partial charge on any atom is 0.416 e. The summed E-state index contributed by atoms with van der Waals surface area (Å²) in [7, 11) is 0. The zero-order valence-electron chi connectivity index (χ0n) is 31.7. The Kier molecular flexibility index (Phi) is 12.9. The van der Waals surface area contributed by atoms with Crippen molar-refractivity contribution in [3.05, 3.63) is 91.6 Å². The number of carboxylic acids is 1. The largest absolute Gasteiger partial charge is 0.481 e. The number of aryl methyl sites for hydroxylation is 2. The second-order valence-electron chi connectivity index (χ2n) is 15.2. The lowest BCUT2D eigenvalue weighted by molar-refractivity contribution is -0.139. The van der Waals surface area contributed by atoms with Gasteiger partial charge in [0.1, 0.15) is 23.5 Å². The van der Waals surface area contributed by atoms with E-state index in [9.17, 15) is 37.1 Å². The lowest BCUT2D eigenvalue weighted by Crippen LogP contribution is -2.42. The zero-order chi connectivity index (χ0) is 40.4. The number of halogens is 6. The van der Waals surface area contributed by atoms with Crippen LogP contribution in [0.2, 0.25) is 0 Å². The molecule has 5 rings (SSSR count). The summed E-state index contributed by atoms with van der Waals surface area (Å²) in [5.74, 6) is -1.30. The molecule has 1 amide bonds. The summed E-state index contributed by atoms with van der Waals surface area (Å²) in [6, 6.07) is 1.06. The number of rotatable bonds is 11. The first-order chi connectivity index (χ1) is 25.9. The number of hydrogen-bond donors (Lipinski definition) is 2. The third-order valence-corrected chi connectivity index (χ3v) is 10.9. The SMILES string of the molecule is CC#Cc1cc(-c2c(C)cc(F)cc2C)c(F)c([C@@H](CC(=O)O)NC(=O)[C@@H](CC(C)C)n2cc(C3CCN(C4CCCC4)CC3)c(C(F)(F)F)cc2=O)c1F. The number of nitrogens with zero attached hydrogens (tertiary/aromatic N) is 2. The molecule has 1 aliphatic carbocycles. The van der Waals surface area contributed by atoms with E-state index >= 15 is 8.78 Å². The molecular weight excluding hydrogens is 724 g/mol. The number of alkyl halides is 3. The van der Waals surface area contributed by atoms with Gasteiger partial charge in [0, 0.05) is 29.4 Å². The number of amides is 1. The normalized spacial score (nSPS) is 16.9. The first-order valence-electron chi connectivity index (χ1n) is 18.7.